The van der Waals surface area contributed by atoms with E-state index in [2.05, 4.69) is 51.4 Å². The van der Waals surface area contributed by atoms with E-state index in [1.54, 1.807) is 45.9 Å². The molecule has 3 aromatic carbocycles. The van der Waals surface area contributed by atoms with Gasteiger partial charge in [-0.2, -0.15) is 0 Å². The molecule has 2 aliphatic rings. The van der Waals surface area contributed by atoms with E-state index in [-0.39, 0.29) is 62.8 Å². The topological polar surface area (TPSA) is 268 Å². The monoisotopic (exact) mass is 1230 g/mol. The molecule has 0 aliphatic carbocycles. The molecule has 462 valence electrons. The second-order valence-corrected chi connectivity index (χ2v) is 23.1. The number of nitrogens with one attached hydrogen (secondary N) is 4. The largest absolute Gasteiger partial charge is 0.485 e. The van der Waals surface area contributed by atoms with E-state index in [0.717, 1.165) is 47.6 Å². The summed E-state index contributed by atoms with van der Waals surface area (Å²) in [6.07, 6.45) is 9.22. The zero-order valence-corrected chi connectivity index (χ0v) is 50.5. The molecular formula is C60H76ClFN12O11S. The number of amides is 4. The van der Waals surface area contributed by atoms with Gasteiger partial charge in [0.2, 0.25) is 23.6 Å². The van der Waals surface area contributed by atoms with Crippen molar-refractivity contribution in [3.8, 4) is 16.2 Å². The molecule has 23 nitrogen and oxygen atoms in total. The van der Waals surface area contributed by atoms with Gasteiger partial charge in [-0.25, -0.2) is 24.0 Å². The third kappa shape index (κ3) is 19.7. The molecule has 26 heteroatoms. The molecule has 0 spiro atoms. The summed E-state index contributed by atoms with van der Waals surface area (Å²) < 4.78 is 49.9. The predicted molar refractivity (Wildman–Crippen MR) is 322 cm³/mol. The number of anilines is 3. The summed E-state index contributed by atoms with van der Waals surface area (Å²) >= 11 is 7.60. The Morgan fingerprint density at radius 3 is 2.28 bits per heavy atom. The molecule has 4 amide bonds. The van der Waals surface area contributed by atoms with Gasteiger partial charge in [0.15, 0.2) is 0 Å². The van der Waals surface area contributed by atoms with E-state index in [0.29, 0.717) is 98.9 Å². The fourth-order valence-electron chi connectivity index (χ4n) is 9.59. The van der Waals surface area contributed by atoms with Crippen molar-refractivity contribution in [2.75, 3.05) is 103 Å². The first kappa shape index (κ1) is 64.9. The molecule has 0 saturated carbocycles. The second-order valence-electron chi connectivity index (χ2n) is 21.8. The van der Waals surface area contributed by atoms with E-state index in [1.807, 2.05) is 58.0 Å². The van der Waals surface area contributed by atoms with Crippen molar-refractivity contribution >= 4 is 74.7 Å². The maximum Gasteiger partial charge on any atom is 0.248 e. The highest BCUT2D eigenvalue weighted by atomic mass is 35.5. The van der Waals surface area contributed by atoms with Crippen LogP contribution in [0.4, 0.5) is 21.6 Å². The Balaban J connectivity index is 0.669. The van der Waals surface area contributed by atoms with Crippen molar-refractivity contribution in [1.29, 1.82) is 0 Å². The number of hydrogen-bond donors (Lipinski definition) is 5. The number of aliphatic hydroxyl groups is 1. The van der Waals surface area contributed by atoms with Crippen LogP contribution in [-0.2, 0) is 62.6 Å². The highest BCUT2D eigenvalue weighted by Gasteiger charge is 2.44. The van der Waals surface area contributed by atoms with E-state index in [1.165, 1.54) is 35.9 Å². The van der Waals surface area contributed by atoms with Gasteiger partial charge < -0.3 is 59.7 Å². The number of thiazole rings is 1. The number of halogens is 2. The summed E-state index contributed by atoms with van der Waals surface area (Å²) in [5.74, 6) is -1.46. The van der Waals surface area contributed by atoms with Gasteiger partial charge in [0.1, 0.15) is 54.7 Å². The first-order chi connectivity index (χ1) is 41.6. The normalized spacial score (nSPS) is 16.0. The number of benzene rings is 3. The molecule has 0 bridgehead atoms. The number of carbonyl (C=O) groups is 4. The van der Waals surface area contributed by atoms with Crippen LogP contribution in [0.2, 0.25) is 5.02 Å². The Hall–Kier alpha value is -7.07. The van der Waals surface area contributed by atoms with Crippen LogP contribution in [0.1, 0.15) is 63.4 Å². The average molecular weight is 1230 g/mol. The summed E-state index contributed by atoms with van der Waals surface area (Å²) in [6.45, 7) is 13.3. The number of aromatic nitrogens is 6. The Morgan fingerprint density at radius 2 is 1.59 bits per heavy atom. The van der Waals surface area contributed by atoms with Gasteiger partial charge in [0.25, 0.3) is 0 Å². The van der Waals surface area contributed by atoms with Crippen molar-refractivity contribution in [2.45, 2.75) is 91.3 Å². The van der Waals surface area contributed by atoms with Crippen LogP contribution in [0.25, 0.3) is 21.3 Å². The lowest BCUT2D eigenvalue weighted by Crippen LogP contribution is -2.58. The second kappa shape index (κ2) is 32.6. The van der Waals surface area contributed by atoms with Gasteiger partial charge in [-0.15, -0.1) is 16.4 Å². The lowest BCUT2D eigenvalue weighted by atomic mass is 9.85. The van der Waals surface area contributed by atoms with Crippen LogP contribution in [0.3, 0.4) is 0 Å². The highest BCUT2D eigenvalue weighted by molar-refractivity contribution is 7.13. The first-order valence-corrected chi connectivity index (χ1v) is 30.0. The summed E-state index contributed by atoms with van der Waals surface area (Å²) in [5.41, 5.74) is 5.93. The minimum absolute atomic E-state index is 0.0305. The minimum Gasteiger partial charge on any atom is -0.485 e. The standard InChI is InChI=1S/C60H76ClFN12O11S/c1-40-55(86-39-66-40)42-12-10-41(11-13-42)33-63-58(78)51-30-45(75)35-74(51)59(79)56(60(2,3)4)69-54(77)37-84-28-27-83-26-25-82-24-23-81-22-21-80-20-19-73-34-44(70-71-73)36-85-52-32-49-46(57(65-38-64-49)67-43-14-15-48(62)47(61)29-43)31-50(52)68-53(76)9-8-18-72-16-6-5-7-17-72/h8-15,29,31-32,34,38-39,45,51,56,75H,5-7,16-28,30,33,35-37H2,1-4H3,(H,63,78)(H,68,76)(H,69,77)(H,64,65,67)/b9-8+/t45-,51+,56-/m1/s1. The molecule has 8 rings (SSSR count). The van der Waals surface area contributed by atoms with Crippen LogP contribution in [-0.4, -0.2) is 179 Å². The summed E-state index contributed by atoms with van der Waals surface area (Å²) in [4.78, 5) is 71.6. The molecule has 3 aromatic heterocycles. The summed E-state index contributed by atoms with van der Waals surface area (Å²) in [5, 5.41) is 31.4. The van der Waals surface area contributed by atoms with Crippen LogP contribution in [0, 0.1) is 18.2 Å². The van der Waals surface area contributed by atoms with Gasteiger partial charge in [-0.3, -0.25) is 24.1 Å². The van der Waals surface area contributed by atoms with E-state index >= 15 is 0 Å². The number of rotatable bonds is 32. The molecular weight excluding hydrogens is 1150 g/mol. The van der Waals surface area contributed by atoms with Crippen molar-refractivity contribution < 1.29 is 57.1 Å². The van der Waals surface area contributed by atoms with E-state index in [9.17, 15) is 28.7 Å². The number of piperidine rings is 1. The Morgan fingerprint density at radius 1 is 0.884 bits per heavy atom. The molecule has 2 aliphatic heterocycles. The number of hydrogen-bond acceptors (Lipinski definition) is 19. The van der Waals surface area contributed by atoms with Crippen LogP contribution >= 0.6 is 22.9 Å². The smallest absolute Gasteiger partial charge is 0.248 e. The van der Waals surface area contributed by atoms with Crippen molar-refractivity contribution in [1.82, 2.24) is 50.4 Å². The van der Waals surface area contributed by atoms with Crippen molar-refractivity contribution in [3.63, 3.8) is 0 Å². The van der Waals surface area contributed by atoms with Crippen LogP contribution in [0.15, 0.2) is 84.8 Å². The Labute approximate surface area is 508 Å². The average Bonchev–Trinajstić information content (AvgIpc) is 2.56. The predicted octanol–water partition coefficient (Wildman–Crippen LogP) is 6.64. The van der Waals surface area contributed by atoms with Gasteiger partial charge in [0, 0.05) is 49.3 Å². The number of carbonyl (C=O) groups excluding carboxylic acids is 4. The van der Waals surface area contributed by atoms with Gasteiger partial charge in [-0.1, -0.05) is 74.3 Å². The number of nitrogens with zero attached hydrogens (tertiary/aromatic N) is 8. The molecule has 6 aromatic rings. The van der Waals surface area contributed by atoms with Gasteiger partial charge in [0.05, 0.1) is 111 Å². The first-order valence-electron chi connectivity index (χ1n) is 28.7. The molecule has 0 unspecified atom stereocenters. The van der Waals surface area contributed by atoms with Crippen molar-refractivity contribution in [2.24, 2.45) is 5.41 Å². The van der Waals surface area contributed by atoms with E-state index in [4.69, 9.17) is 40.0 Å². The molecule has 2 fully saturated rings. The lowest BCUT2D eigenvalue weighted by Gasteiger charge is -2.35. The maximum atomic E-state index is 14.0. The fourth-order valence-corrected chi connectivity index (χ4v) is 10.6. The molecule has 2 saturated heterocycles. The quantitative estimate of drug-likeness (QED) is 0.0219. The van der Waals surface area contributed by atoms with Crippen molar-refractivity contribution in [3.05, 3.63) is 113 Å². The van der Waals surface area contributed by atoms with Gasteiger partial charge in [-0.05, 0) is 73.7 Å². The highest BCUT2D eigenvalue weighted by Crippen LogP contribution is 2.35. The minimum atomic E-state index is -0.983. The molecule has 86 heavy (non-hydrogen) atoms. The maximum absolute atomic E-state index is 14.0. The number of ether oxygens (including phenoxy) is 6. The molecule has 5 heterocycles. The number of β-amino-alcohol motifs (C(OH)–C–C–N with tert-alkyl or cyclic N) is 1. The number of fused-ring (bicyclic) bond motifs is 1. The molecule has 3 atom stereocenters. The zero-order valence-electron chi connectivity index (χ0n) is 48.9. The van der Waals surface area contributed by atoms with Gasteiger partial charge >= 0.3 is 0 Å². The van der Waals surface area contributed by atoms with Crippen LogP contribution in [0.5, 0.6) is 5.75 Å². The summed E-state index contributed by atoms with van der Waals surface area (Å²) in [7, 11) is 0. The Bertz CT molecular complexity index is 3210. The lowest BCUT2D eigenvalue weighted by molar-refractivity contribution is -0.144. The van der Waals surface area contributed by atoms with Crippen LogP contribution < -0.4 is 26.0 Å². The summed E-state index contributed by atoms with van der Waals surface area (Å²) in [6, 6.07) is 13.6. The number of aryl methyl sites for hydroxylation is 1. The number of aliphatic hydroxyl groups excluding tert-OH is 1. The molecule has 0 radical (unpaired) electrons. The molecule has 5 N–H and O–H groups in total. The Kier molecular flexibility index (Phi) is 24.6. The third-order valence-electron chi connectivity index (χ3n) is 14.1. The third-order valence-corrected chi connectivity index (χ3v) is 15.4. The number of likely N-dealkylation sites (tertiary alicyclic amines) is 2. The van der Waals surface area contributed by atoms with E-state index < -0.39 is 41.2 Å². The zero-order chi connectivity index (χ0) is 60.8. The fraction of sp³-hybridized carbons (Fsp3) is 0.483. The SMILES string of the molecule is Cc1ncsc1-c1ccc(CNC(=O)[C@@H]2C[C@@H](O)CN2C(=O)[C@@H](NC(=O)COCCOCCOCCOCCOCCn2cc(COc3cc4ncnc(Nc5ccc(F)c(Cl)c5)c4cc3NC(=O)/C=C/CN3CCCCC3)nn2)C(C)(C)C)cc1.